The second-order valence-corrected chi connectivity index (χ2v) is 10.3. The number of sulfonamides is 1. The Kier molecular flexibility index (Phi) is 6.75. The number of anilines is 1. The molecule has 4 rings (SSSR count). The number of rotatable bonds is 7. The first kappa shape index (κ1) is 23.6. The molecule has 1 aliphatic rings. The summed E-state index contributed by atoms with van der Waals surface area (Å²) in [7, 11) is -3.68. The summed E-state index contributed by atoms with van der Waals surface area (Å²) in [6.45, 7) is 3.41. The smallest absolute Gasteiger partial charge is 0.331 e. The molecule has 3 aromatic rings. The van der Waals surface area contributed by atoms with Crippen molar-refractivity contribution in [3.05, 3.63) is 75.7 Å². The quantitative estimate of drug-likeness (QED) is 0.483. The Hall–Kier alpha value is -3.57. The number of thiazole rings is 1. The van der Waals surface area contributed by atoms with Crippen LogP contribution in [-0.4, -0.2) is 37.2 Å². The summed E-state index contributed by atoms with van der Waals surface area (Å²) in [6.07, 6.45) is 0.107. The van der Waals surface area contributed by atoms with Crippen molar-refractivity contribution in [2.24, 2.45) is 4.99 Å². The zero-order valence-electron chi connectivity index (χ0n) is 18.4. The van der Waals surface area contributed by atoms with E-state index in [0.29, 0.717) is 22.0 Å². The second-order valence-electron chi connectivity index (χ2n) is 7.69. The lowest BCUT2D eigenvalue weighted by molar-refractivity contribution is -0.146. The van der Waals surface area contributed by atoms with Crippen molar-refractivity contribution in [1.82, 2.24) is 9.71 Å². The number of amides is 1. The molecule has 0 bridgehead atoms. The maximum Gasteiger partial charge on any atom is 0.331 e. The van der Waals surface area contributed by atoms with E-state index in [4.69, 9.17) is 4.74 Å². The van der Waals surface area contributed by atoms with Crippen LogP contribution in [0.5, 0.6) is 0 Å². The van der Waals surface area contributed by atoms with Gasteiger partial charge in [-0.25, -0.2) is 18.2 Å². The Labute approximate surface area is 201 Å². The first-order chi connectivity index (χ1) is 16.2. The number of carbonyl (C=O) groups excluding carboxylic acids is 2. The molecule has 2 N–H and O–H groups in total. The van der Waals surface area contributed by atoms with E-state index in [1.807, 2.05) is 31.2 Å². The van der Waals surface area contributed by atoms with Crippen molar-refractivity contribution in [2.75, 3.05) is 5.32 Å². The summed E-state index contributed by atoms with van der Waals surface area (Å²) >= 11 is 1.30. The van der Waals surface area contributed by atoms with E-state index in [0.717, 1.165) is 5.56 Å². The van der Waals surface area contributed by atoms with Gasteiger partial charge in [-0.05, 0) is 38.1 Å². The molecule has 1 amide bonds. The Morgan fingerprint density at radius 3 is 2.68 bits per heavy atom. The standard InChI is InChI=1S/C23H22N4O5S2/c1-14-7-9-16(10-8-14)25-20(28)11-21-26-17(13-33-21)12-32-23(29)15(2)24-22-18-5-3-4-6-19(18)34(30,31)27-22/h3-10,13,15H,11-12H2,1-2H3,(H,24,27)(H,25,28)/t15-/m0/s1. The van der Waals surface area contributed by atoms with E-state index >= 15 is 0 Å². The van der Waals surface area contributed by atoms with E-state index in [1.165, 1.54) is 24.3 Å². The third-order valence-corrected chi connectivity index (χ3v) is 7.23. The largest absolute Gasteiger partial charge is 0.458 e. The molecule has 34 heavy (non-hydrogen) atoms. The molecule has 0 unspecified atom stereocenters. The van der Waals surface area contributed by atoms with E-state index in [-0.39, 0.29) is 29.7 Å². The average molecular weight is 499 g/mol. The molecule has 0 saturated carbocycles. The minimum atomic E-state index is -3.68. The van der Waals surface area contributed by atoms with Crippen LogP contribution < -0.4 is 10.0 Å². The highest BCUT2D eigenvalue weighted by Crippen LogP contribution is 2.22. The van der Waals surface area contributed by atoms with Crippen LogP contribution in [0.3, 0.4) is 0 Å². The number of hydrogen-bond acceptors (Lipinski definition) is 8. The number of esters is 1. The Balaban J connectivity index is 1.31. The molecule has 0 spiro atoms. The van der Waals surface area contributed by atoms with E-state index in [9.17, 15) is 18.0 Å². The molecule has 176 valence electrons. The van der Waals surface area contributed by atoms with Crippen LogP contribution in [0.4, 0.5) is 5.69 Å². The van der Waals surface area contributed by atoms with Crippen LogP contribution in [0.25, 0.3) is 0 Å². The number of aromatic nitrogens is 1. The van der Waals surface area contributed by atoms with Crippen molar-refractivity contribution in [1.29, 1.82) is 0 Å². The Morgan fingerprint density at radius 1 is 1.18 bits per heavy atom. The van der Waals surface area contributed by atoms with Crippen LogP contribution in [0.1, 0.15) is 28.8 Å². The molecule has 1 aromatic heterocycles. The van der Waals surface area contributed by atoms with Gasteiger partial charge in [0.15, 0.2) is 0 Å². The fraction of sp³-hybridized carbons (Fsp3) is 0.217. The zero-order chi connectivity index (χ0) is 24.3. The highest BCUT2D eigenvalue weighted by molar-refractivity contribution is 7.90. The molecular formula is C23H22N4O5S2. The number of nitrogens with zero attached hydrogens (tertiary/aromatic N) is 2. The maximum atomic E-state index is 12.4. The predicted molar refractivity (Wildman–Crippen MR) is 128 cm³/mol. The van der Waals surface area contributed by atoms with Gasteiger partial charge in [0.2, 0.25) is 5.91 Å². The van der Waals surface area contributed by atoms with Gasteiger partial charge < -0.3 is 10.1 Å². The lowest BCUT2D eigenvalue weighted by atomic mass is 10.2. The van der Waals surface area contributed by atoms with Crippen LogP contribution >= 0.6 is 11.3 Å². The average Bonchev–Trinajstić information content (AvgIpc) is 3.35. The third-order valence-electron chi connectivity index (χ3n) is 4.94. The fourth-order valence-electron chi connectivity index (χ4n) is 3.22. The fourth-order valence-corrected chi connectivity index (χ4v) is 5.23. The number of ether oxygens (including phenoxy) is 1. The van der Waals surface area contributed by atoms with Gasteiger partial charge in [-0.1, -0.05) is 29.8 Å². The second kappa shape index (κ2) is 9.74. The molecule has 2 heterocycles. The topological polar surface area (TPSA) is 127 Å². The lowest BCUT2D eigenvalue weighted by Gasteiger charge is -2.08. The first-order valence-electron chi connectivity index (χ1n) is 10.4. The molecule has 0 aliphatic carbocycles. The first-order valence-corrected chi connectivity index (χ1v) is 12.7. The summed E-state index contributed by atoms with van der Waals surface area (Å²) in [4.78, 5) is 33.3. The highest BCUT2D eigenvalue weighted by Gasteiger charge is 2.31. The van der Waals surface area contributed by atoms with Gasteiger partial charge in [-0.2, -0.15) is 0 Å². The Bertz CT molecular complexity index is 1360. The zero-order valence-corrected chi connectivity index (χ0v) is 20.1. The number of amidine groups is 1. The predicted octanol–water partition coefficient (Wildman–Crippen LogP) is 2.80. The van der Waals surface area contributed by atoms with Gasteiger partial charge >= 0.3 is 5.97 Å². The number of aryl methyl sites for hydroxylation is 1. The number of aliphatic imine (C=N–C) groups is 1. The molecule has 1 atom stereocenters. The van der Waals surface area contributed by atoms with Crippen molar-refractivity contribution in [3.63, 3.8) is 0 Å². The van der Waals surface area contributed by atoms with Crippen LogP contribution in [-0.2, 0) is 37.4 Å². The molecule has 11 heteroatoms. The molecule has 0 radical (unpaired) electrons. The maximum absolute atomic E-state index is 12.4. The van der Waals surface area contributed by atoms with Crippen LogP contribution in [0.2, 0.25) is 0 Å². The number of hydrogen-bond donors (Lipinski definition) is 2. The van der Waals surface area contributed by atoms with Crippen molar-refractivity contribution >= 4 is 44.8 Å². The summed E-state index contributed by atoms with van der Waals surface area (Å²) in [5, 5.41) is 5.14. The highest BCUT2D eigenvalue weighted by atomic mass is 32.2. The number of fused-ring (bicyclic) bond motifs is 1. The minimum Gasteiger partial charge on any atom is -0.458 e. The molecule has 0 fully saturated rings. The number of carbonyl (C=O) groups is 2. The summed E-state index contributed by atoms with van der Waals surface area (Å²) in [5.74, 6) is -0.705. The normalized spacial score (nSPS) is 15.9. The van der Waals surface area contributed by atoms with Crippen LogP contribution in [0, 0.1) is 6.92 Å². The molecule has 1 aliphatic heterocycles. The minimum absolute atomic E-state index is 0.0770. The van der Waals surface area contributed by atoms with Crippen molar-refractivity contribution < 1.29 is 22.7 Å². The molecule has 0 saturated heterocycles. The molecule has 2 aromatic carbocycles. The SMILES string of the molecule is Cc1ccc(NC(=O)Cc2nc(COC(=O)[C@H](C)N=C3NS(=O)(=O)c4ccccc43)cs2)cc1. The monoisotopic (exact) mass is 498 g/mol. The van der Waals surface area contributed by atoms with E-state index < -0.39 is 22.0 Å². The van der Waals surface area contributed by atoms with E-state index in [2.05, 4.69) is 20.0 Å². The van der Waals surface area contributed by atoms with Gasteiger partial charge in [0.05, 0.1) is 17.0 Å². The van der Waals surface area contributed by atoms with Gasteiger partial charge in [-0.15, -0.1) is 11.3 Å². The lowest BCUT2D eigenvalue weighted by Crippen LogP contribution is -2.26. The molecule has 9 nitrogen and oxygen atoms in total. The van der Waals surface area contributed by atoms with E-state index in [1.54, 1.807) is 23.6 Å². The number of nitrogens with one attached hydrogen (secondary N) is 2. The summed E-state index contributed by atoms with van der Waals surface area (Å²) < 4.78 is 32.0. The van der Waals surface area contributed by atoms with Gasteiger partial charge in [0.1, 0.15) is 23.5 Å². The summed E-state index contributed by atoms with van der Waals surface area (Å²) in [5.41, 5.74) is 2.75. The van der Waals surface area contributed by atoms with Gasteiger partial charge in [-0.3, -0.25) is 14.5 Å². The number of benzene rings is 2. The third kappa shape index (κ3) is 5.49. The van der Waals surface area contributed by atoms with Crippen molar-refractivity contribution in [2.45, 2.75) is 37.8 Å². The molecular weight excluding hydrogens is 476 g/mol. The van der Waals surface area contributed by atoms with Gasteiger partial charge in [0, 0.05) is 16.6 Å². The Morgan fingerprint density at radius 2 is 1.91 bits per heavy atom. The van der Waals surface area contributed by atoms with Crippen molar-refractivity contribution in [3.8, 4) is 0 Å². The van der Waals surface area contributed by atoms with Crippen LogP contribution in [0.15, 0.2) is 63.8 Å². The summed E-state index contributed by atoms with van der Waals surface area (Å²) in [6, 6.07) is 13.0. The van der Waals surface area contributed by atoms with Gasteiger partial charge in [0.25, 0.3) is 10.0 Å².